The van der Waals surface area contributed by atoms with Crippen LogP contribution in [0.4, 0.5) is 0 Å². The molecule has 5 atom stereocenters. The minimum atomic E-state index is -1.45. The molecule has 0 bridgehead atoms. The number of hydrogen-bond donors (Lipinski definition) is 4. The summed E-state index contributed by atoms with van der Waals surface area (Å²) in [7, 11) is 0. The Kier molecular flexibility index (Phi) is 6.67. The molecule has 178 valence electrons. The van der Waals surface area contributed by atoms with Gasteiger partial charge in [0, 0.05) is 11.1 Å². The zero-order valence-electron chi connectivity index (χ0n) is 18.5. The molecule has 3 aliphatic rings. The molecule has 7 heteroatoms. The van der Waals surface area contributed by atoms with Crippen molar-refractivity contribution in [3.8, 4) is 5.75 Å². The van der Waals surface area contributed by atoms with E-state index < -0.39 is 37.1 Å². The van der Waals surface area contributed by atoms with Crippen molar-refractivity contribution in [1.82, 2.24) is 0 Å². The molecule has 5 rings (SSSR count). The zero-order valence-corrected chi connectivity index (χ0v) is 19.2. The van der Waals surface area contributed by atoms with Crippen LogP contribution in [0.25, 0.3) is 0 Å². The first-order chi connectivity index (χ1) is 16.0. The van der Waals surface area contributed by atoms with Crippen LogP contribution < -0.4 is 4.74 Å². The van der Waals surface area contributed by atoms with E-state index >= 15 is 0 Å². The van der Waals surface area contributed by atoms with Crippen LogP contribution in [0.3, 0.4) is 0 Å². The van der Waals surface area contributed by atoms with E-state index in [1.807, 2.05) is 6.07 Å². The summed E-state index contributed by atoms with van der Waals surface area (Å²) in [4.78, 5) is 0. The fourth-order valence-electron chi connectivity index (χ4n) is 5.17. The first-order valence-corrected chi connectivity index (χ1v) is 12.2. The molecule has 0 aromatic heterocycles. The summed E-state index contributed by atoms with van der Waals surface area (Å²) in [6, 6.07) is 10.6. The average Bonchev–Trinajstić information content (AvgIpc) is 2.80. The molecule has 0 spiro atoms. The highest BCUT2D eigenvalue weighted by Gasteiger charge is 2.45. The Balaban J connectivity index is 1.50. The van der Waals surface area contributed by atoms with Crippen molar-refractivity contribution in [3.05, 3.63) is 63.2 Å². The topological polar surface area (TPSA) is 99.4 Å². The van der Waals surface area contributed by atoms with Crippen LogP contribution in [0.2, 0.25) is 5.02 Å². The predicted octanol–water partition coefficient (Wildman–Crippen LogP) is 3.04. The number of aliphatic hydroxyl groups is 4. The highest BCUT2D eigenvalue weighted by Crippen LogP contribution is 2.44. The van der Waals surface area contributed by atoms with E-state index in [0.29, 0.717) is 35.3 Å². The quantitative estimate of drug-likeness (QED) is 0.531. The lowest BCUT2D eigenvalue weighted by Gasteiger charge is -2.41. The maximum atomic E-state index is 10.7. The molecule has 0 unspecified atom stereocenters. The number of ether oxygens (including phenoxy) is 2. The summed E-state index contributed by atoms with van der Waals surface area (Å²) in [5.41, 5.74) is 4.88. The molecule has 4 N–H and O–H groups in total. The smallest absolute Gasteiger partial charge is 0.129 e. The first kappa shape index (κ1) is 23.1. The number of halogens is 1. The SMILES string of the molecule is OC[C@H]1O[C@@H](c2cc(Cc3ccc(C4CCC4)cc3)c(Cl)c3c2OCCC3)[C@H](O)[C@@H](O)[C@@H]1O. The lowest BCUT2D eigenvalue weighted by molar-refractivity contribution is -0.232. The van der Waals surface area contributed by atoms with E-state index in [2.05, 4.69) is 24.3 Å². The van der Waals surface area contributed by atoms with Crippen molar-refractivity contribution in [2.75, 3.05) is 13.2 Å². The van der Waals surface area contributed by atoms with Crippen LogP contribution in [0.1, 0.15) is 65.5 Å². The zero-order chi connectivity index (χ0) is 23.1. The summed E-state index contributed by atoms with van der Waals surface area (Å²) in [5.74, 6) is 1.25. The lowest BCUT2D eigenvalue weighted by Crippen LogP contribution is -2.55. The molecule has 2 aromatic carbocycles. The average molecular weight is 475 g/mol. The highest BCUT2D eigenvalue weighted by atomic mass is 35.5. The Morgan fingerprint density at radius 2 is 1.73 bits per heavy atom. The van der Waals surface area contributed by atoms with Gasteiger partial charge in [-0.1, -0.05) is 42.3 Å². The van der Waals surface area contributed by atoms with Gasteiger partial charge in [0.2, 0.25) is 0 Å². The molecule has 0 amide bonds. The molecule has 0 radical (unpaired) electrons. The molecular weight excluding hydrogens is 444 g/mol. The summed E-state index contributed by atoms with van der Waals surface area (Å²) >= 11 is 6.83. The number of benzene rings is 2. The van der Waals surface area contributed by atoms with Crippen molar-refractivity contribution >= 4 is 11.6 Å². The van der Waals surface area contributed by atoms with Crippen molar-refractivity contribution in [2.45, 2.75) is 75.0 Å². The first-order valence-electron chi connectivity index (χ1n) is 11.8. The van der Waals surface area contributed by atoms with Crippen LogP contribution >= 0.6 is 11.6 Å². The standard InChI is InChI=1S/C26H31ClO6/c27-21-17(11-14-6-8-16(9-7-14)15-3-1-4-15)12-19(25-18(21)5-2-10-32-25)26-24(31)23(30)22(29)20(13-28)33-26/h6-9,12,15,20,22-24,26,28-31H,1-5,10-11,13H2/t20-,22-,23+,24-,26+/m1/s1. The second-order valence-electron chi connectivity index (χ2n) is 9.49. The largest absolute Gasteiger partial charge is 0.493 e. The molecule has 2 aliphatic heterocycles. The van der Waals surface area contributed by atoms with Gasteiger partial charge in [-0.25, -0.2) is 0 Å². The molecule has 33 heavy (non-hydrogen) atoms. The molecule has 6 nitrogen and oxygen atoms in total. The highest BCUT2D eigenvalue weighted by molar-refractivity contribution is 6.32. The summed E-state index contributed by atoms with van der Waals surface area (Å²) in [6.07, 6.45) is -0.133. The van der Waals surface area contributed by atoms with Crippen molar-refractivity contribution in [2.24, 2.45) is 0 Å². The van der Waals surface area contributed by atoms with Crippen LogP contribution in [-0.2, 0) is 17.6 Å². The van der Waals surface area contributed by atoms with Crippen LogP contribution in [-0.4, -0.2) is 58.1 Å². The van der Waals surface area contributed by atoms with E-state index in [0.717, 1.165) is 29.5 Å². The second kappa shape index (κ2) is 9.53. The number of rotatable bonds is 5. The van der Waals surface area contributed by atoms with Crippen molar-refractivity contribution in [3.63, 3.8) is 0 Å². The monoisotopic (exact) mass is 474 g/mol. The molecule has 2 aromatic rings. The summed E-state index contributed by atoms with van der Waals surface area (Å²) in [5, 5.41) is 41.5. The Morgan fingerprint density at radius 1 is 0.970 bits per heavy atom. The van der Waals surface area contributed by atoms with Crippen LogP contribution in [0.5, 0.6) is 5.75 Å². The predicted molar refractivity (Wildman–Crippen MR) is 124 cm³/mol. The van der Waals surface area contributed by atoms with E-state index in [1.165, 1.54) is 24.8 Å². The Labute approximate surface area is 198 Å². The van der Waals surface area contributed by atoms with Gasteiger partial charge in [-0.05, 0) is 60.8 Å². The molecule has 2 heterocycles. The van der Waals surface area contributed by atoms with Gasteiger partial charge in [0.05, 0.1) is 18.2 Å². The maximum Gasteiger partial charge on any atom is 0.129 e. The van der Waals surface area contributed by atoms with Gasteiger partial charge in [0.15, 0.2) is 0 Å². The van der Waals surface area contributed by atoms with E-state index in [9.17, 15) is 20.4 Å². The van der Waals surface area contributed by atoms with Gasteiger partial charge in [-0.15, -0.1) is 0 Å². The third kappa shape index (κ3) is 4.29. The van der Waals surface area contributed by atoms with Crippen molar-refractivity contribution in [1.29, 1.82) is 0 Å². The number of aliphatic hydroxyl groups excluding tert-OH is 4. The molecule has 2 fully saturated rings. The van der Waals surface area contributed by atoms with Gasteiger partial charge in [-0.3, -0.25) is 0 Å². The van der Waals surface area contributed by atoms with Gasteiger partial charge < -0.3 is 29.9 Å². The minimum absolute atomic E-state index is 0.474. The molecule has 1 aliphatic carbocycles. The fraction of sp³-hybridized carbons (Fsp3) is 0.538. The number of fused-ring (bicyclic) bond motifs is 1. The van der Waals surface area contributed by atoms with Crippen molar-refractivity contribution < 1.29 is 29.9 Å². The van der Waals surface area contributed by atoms with E-state index in [4.69, 9.17) is 21.1 Å². The van der Waals surface area contributed by atoms with Crippen LogP contribution in [0, 0.1) is 0 Å². The van der Waals surface area contributed by atoms with Gasteiger partial charge in [-0.2, -0.15) is 0 Å². The molecule has 1 saturated heterocycles. The lowest BCUT2D eigenvalue weighted by atomic mass is 9.80. The fourth-order valence-corrected chi connectivity index (χ4v) is 5.47. The molecular formula is C26H31ClO6. The second-order valence-corrected chi connectivity index (χ2v) is 9.87. The Morgan fingerprint density at radius 3 is 2.39 bits per heavy atom. The Bertz CT molecular complexity index is 987. The third-order valence-corrected chi connectivity index (χ3v) is 7.85. The van der Waals surface area contributed by atoms with Gasteiger partial charge >= 0.3 is 0 Å². The third-order valence-electron chi connectivity index (χ3n) is 7.38. The Hall–Kier alpha value is -1.67. The minimum Gasteiger partial charge on any atom is -0.493 e. The van der Waals surface area contributed by atoms with Crippen LogP contribution in [0.15, 0.2) is 30.3 Å². The molecule has 1 saturated carbocycles. The van der Waals surface area contributed by atoms with Gasteiger partial charge in [0.25, 0.3) is 0 Å². The number of hydrogen-bond acceptors (Lipinski definition) is 6. The van der Waals surface area contributed by atoms with E-state index in [-0.39, 0.29) is 0 Å². The van der Waals surface area contributed by atoms with E-state index in [1.54, 1.807) is 0 Å². The summed E-state index contributed by atoms with van der Waals surface area (Å²) < 4.78 is 11.8. The maximum absolute atomic E-state index is 10.7. The normalized spacial score (nSPS) is 29.8. The van der Waals surface area contributed by atoms with Gasteiger partial charge in [0.1, 0.15) is 36.3 Å². The summed E-state index contributed by atoms with van der Waals surface area (Å²) in [6.45, 7) is 0.0496.